The van der Waals surface area contributed by atoms with E-state index in [-0.39, 0.29) is 17.8 Å². The van der Waals surface area contributed by atoms with E-state index in [4.69, 9.17) is 9.47 Å². The zero-order valence-corrected chi connectivity index (χ0v) is 23.2. The monoisotopic (exact) mass is 524 g/mol. The van der Waals surface area contributed by atoms with Crippen LogP contribution in [0.25, 0.3) is 11.1 Å². The third-order valence-corrected chi connectivity index (χ3v) is 9.00. The van der Waals surface area contributed by atoms with Crippen molar-refractivity contribution in [3.63, 3.8) is 0 Å². The van der Waals surface area contributed by atoms with E-state index in [0.717, 1.165) is 48.3 Å². The number of ether oxygens (including phenoxy) is 2. The molecule has 0 aliphatic heterocycles. The first-order chi connectivity index (χ1) is 18.9. The van der Waals surface area contributed by atoms with Crippen molar-refractivity contribution in [3.8, 4) is 22.6 Å². The van der Waals surface area contributed by atoms with Crippen LogP contribution in [0.15, 0.2) is 66.7 Å². The predicted molar refractivity (Wildman–Crippen MR) is 154 cm³/mol. The molecule has 39 heavy (non-hydrogen) atoms. The van der Waals surface area contributed by atoms with Crippen molar-refractivity contribution in [3.05, 3.63) is 83.4 Å². The van der Waals surface area contributed by atoms with Crippen molar-refractivity contribution in [1.82, 2.24) is 0 Å². The van der Waals surface area contributed by atoms with Gasteiger partial charge in [0.2, 0.25) is 0 Å². The Bertz CT molecular complexity index is 1330. The molecule has 3 aliphatic carbocycles. The second-order valence-electron chi connectivity index (χ2n) is 12.6. The zero-order chi connectivity index (χ0) is 27.0. The van der Waals surface area contributed by atoms with Gasteiger partial charge >= 0.3 is 5.97 Å². The van der Waals surface area contributed by atoms with E-state index in [1.54, 1.807) is 0 Å². The van der Waals surface area contributed by atoms with Crippen LogP contribution in [0, 0.1) is 11.3 Å². The summed E-state index contributed by atoms with van der Waals surface area (Å²) in [7, 11) is 0. The van der Waals surface area contributed by atoms with Gasteiger partial charge in [-0.2, -0.15) is 0 Å². The lowest BCUT2D eigenvalue weighted by atomic mass is 9.75. The molecule has 0 heterocycles. The Labute approximate surface area is 232 Å². The third-order valence-electron chi connectivity index (χ3n) is 9.00. The molecule has 3 saturated carbocycles. The molecule has 0 aromatic heterocycles. The fourth-order valence-corrected chi connectivity index (χ4v) is 6.52. The average molecular weight is 525 g/mol. The van der Waals surface area contributed by atoms with Gasteiger partial charge in [0, 0.05) is 0 Å². The second-order valence-corrected chi connectivity index (χ2v) is 12.6. The van der Waals surface area contributed by atoms with Gasteiger partial charge in [-0.25, -0.2) is 0 Å². The Hall–Kier alpha value is -3.27. The van der Waals surface area contributed by atoms with Crippen molar-refractivity contribution < 1.29 is 19.4 Å². The highest BCUT2D eigenvalue weighted by atomic mass is 16.5. The first kappa shape index (κ1) is 26.0. The number of carboxylic acid groups (broad SMARTS) is 1. The molecule has 4 heteroatoms. The molecule has 3 aromatic carbocycles. The number of hydrogen-bond acceptors (Lipinski definition) is 3. The number of carboxylic acids is 1. The quantitative estimate of drug-likeness (QED) is 0.272. The summed E-state index contributed by atoms with van der Waals surface area (Å²) in [5.41, 5.74) is 6.42. The smallest absolute Gasteiger partial charge is 0.303 e. The molecule has 0 radical (unpaired) electrons. The molecule has 0 unspecified atom stereocenters. The first-order valence-corrected chi connectivity index (χ1v) is 14.7. The molecule has 3 aromatic rings. The molecular formula is C35H40O4. The lowest BCUT2D eigenvalue weighted by molar-refractivity contribution is -0.137. The average Bonchev–Trinajstić information content (AvgIpc) is 3.85. The molecule has 2 atom stereocenters. The lowest BCUT2D eigenvalue weighted by Crippen LogP contribution is -2.16. The van der Waals surface area contributed by atoms with Crippen molar-refractivity contribution in [2.45, 2.75) is 89.8 Å². The van der Waals surface area contributed by atoms with E-state index in [9.17, 15) is 9.90 Å². The zero-order valence-electron chi connectivity index (χ0n) is 23.2. The van der Waals surface area contributed by atoms with Gasteiger partial charge in [0.25, 0.3) is 0 Å². The van der Waals surface area contributed by atoms with E-state index in [2.05, 4.69) is 62.4 Å². The molecule has 0 spiro atoms. The largest absolute Gasteiger partial charge is 0.490 e. The van der Waals surface area contributed by atoms with Gasteiger partial charge in [0.1, 0.15) is 18.1 Å². The molecule has 204 valence electrons. The summed E-state index contributed by atoms with van der Waals surface area (Å²) < 4.78 is 12.4. The van der Waals surface area contributed by atoms with Crippen LogP contribution in [0.4, 0.5) is 0 Å². The maximum absolute atomic E-state index is 11.5. The van der Waals surface area contributed by atoms with Crippen LogP contribution in [-0.2, 0) is 11.4 Å². The van der Waals surface area contributed by atoms with Crippen molar-refractivity contribution >= 4 is 5.97 Å². The van der Waals surface area contributed by atoms with E-state index in [1.165, 1.54) is 36.0 Å². The summed E-state index contributed by atoms with van der Waals surface area (Å²) >= 11 is 0. The Balaban J connectivity index is 1.25. The van der Waals surface area contributed by atoms with Gasteiger partial charge in [-0.15, -0.1) is 0 Å². The number of hydrogen-bond donors (Lipinski definition) is 1. The van der Waals surface area contributed by atoms with E-state index in [0.29, 0.717) is 24.5 Å². The van der Waals surface area contributed by atoms with Crippen LogP contribution >= 0.6 is 0 Å². The second kappa shape index (κ2) is 10.7. The van der Waals surface area contributed by atoms with Crippen LogP contribution in [0.2, 0.25) is 0 Å². The first-order valence-electron chi connectivity index (χ1n) is 14.7. The third kappa shape index (κ3) is 6.16. The fraction of sp³-hybridized carbons (Fsp3) is 0.457. The number of benzene rings is 3. The van der Waals surface area contributed by atoms with Crippen LogP contribution in [0.1, 0.15) is 93.7 Å². The van der Waals surface area contributed by atoms with E-state index < -0.39 is 5.97 Å². The minimum Gasteiger partial charge on any atom is -0.490 e. The maximum atomic E-state index is 11.5. The molecule has 3 aliphatic rings. The molecule has 4 nitrogen and oxygen atoms in total. The summed E-state index contributed by atoms with van der Waals surface area (Å²) in [5.74, 6) is 2.09. The van der Waals surface area contributed by atoms with Crippen LogP contribution in [0.3, 0.4) is 0 Å². The molecule has 1 N–H and O–H groups in total. The molecule has 6 rings (SSSR count). The molecular weight excluding hydrogens is 484 g/mol. The van der Waals surface area contributed by atoms with Gasteiger partial charge in [-0.05, 0) is 114 Å². The lowest BCUT2D eigenvalue weighted by Gasteiger charge is -2.30. The Morgan fingerprint density at radius 3 is 2.46 bits per heavy atom. The molecule has 0 amide bonds. The van der Waals surface area contributed by atoms with Crippen LogP contribution in [-0.4, -0.2) is 17.2 Å². The number of carbonyl (C=O) groups is 1. The highest BCUT2D eigenvalue weighted by molar-refractivity contribution is 5.70. The van der Waals surface area contributed by atoms with Crippen LogP contribution in [0.5, 0.6) is 11.5 Å². The topological polar surface area (TPSA) is 55.8 Å². The van der Waals surface area contributed by atoms with E-state index in [1.807, 2.05) is 18.2 Å². The highest BCUT2D eigenvalue weighted by Gasteiger charge is 2.37. The Kier molecular flexibility index (Phi) is 7.14. The van der Waals surface area contributed by atoms with Gasteiger partial charge in [-0.1, -0.05) is 62.7 Å². The maximum Gasteiger partial charge on any atom is 0.303 e. The van der Waals surface area contributed by atoms with E-state index >= 15 is 0 Å². The van der Waals surface area contributed by atoms with Crippen molar-refractivity contribution in [2.24, 2.45) is 11.3 Å². The van der Waals surface area contributed by atoms with Crippen molar-refractivity contribution in [1.29, 1.82) is 0 Å². The predicted octanol–water partition coefficient (Wildman–Crippen LogP) is 8.74. The summed E-state index contributed by atoms with van der Waals surface area (Å²) in [6.07, 6.45) is 8.82. The molecule has 0 bridgehead atoms. The molecule has 3 fully saturated rings. The van der Waals surface area contributed by atoms with Crippen molar-refractivity contribution in [2.75, 3.05) is 0 Å². The Morgan fingerprint density at radius 2 is 1.74 bits per heavy atom. The van der Waals surface area contributed by atoms with Crippen LogP contribution < -0.4 is 9.47 Å². The minimum absolute atomic E-state index is 0.0705. The van der Waals surface area contributed by atoms with Gasteiger partial charge in [0.05, 0.1) is 12.5 Å². The summed E-state index contributed by atoms with van der Waals surface area (Å²) in [4.78, 5) is 11.5. The van der Waals surface area contributed by atoms with Gasteiger partial charge < -0.3 is 14.6 Å². The standard InChI is InChI=1S/C35H40O4/c1-35(2)17-5-10-33(35)32-18-23(11-16-30(32)25-6-4-9-29(20-25)39-27-14-15-27)22-38-28-8-3-7-26(19-28)31(21-34(36)37)24-12-13-24/h3-4,6-9,11,16,18-20,24,27,31,33H,5,10,12-15,17,21-22H2,1-2H3,(H,36,37)/t31-,33-/m0/s1. The van der Waals surface area contributed by atoms with Gasteiger partial charge in [0.15, 0.2) is 0 Å². The summed E-state index contributed by atoms with van der Waals surface area (Å²) in [5, 5.41) is 9.42. The molecule has 0 saturated heterocycles. The van der Waals surface area contributed by atoms with Gasteiger partial charge in [-0.3, -0.25) is 4.79 Å². The highest BCUT2D eigenvalue weighted by Crippen LogP contribution is 2.51. The summed E-state index contributed by atoms with van der Waals surface area (Å²) in [6, 6.07) is 23.5. The minimum atomic E-state index is -0.731. The fourth-order valence-electron chi connectivity index (χ4n) is 6.52. The normalized spacial score (nSPS) is 20.9. The number of rotatable bonds is 11. The SMILES string of the molecule is CC1(C)CCC[C@H]1c1cc(COc2cccc([C@@H](CC(=O)O)C3CC3)c2)ccc1-c1cccc(OC2CC2)c1. The summed E-state index contributed by atoms with van der Waals surface area (Å²) in [6.45, 7) is 5.30. The number of aliphatic carboxylic acids is 1. The Morgan fingerprint density at radius 1 is 0.949 bits per heavy atom.